The Morgan fingerprint density at radius 2 is 1.59 bits per heavy atom. The number of aryl methyl sites for hydroxylation is 3. The highest BCUT2D eigenvalue weighted by Gasteiger charge is 2.34. The van der Waals surface area contributed by atoms with E-state index in [0.717, 1.165) is 29.5 Å². The molecule has 0 aliphatic heterocycles. The van der Waals surface area contributed by atoms with Crippen molar-refractivity contribution in [2.75, 3.05) is 0 Å². The lowest BCUT2D eigenvalue weighted by Gasteiger charge is -2.20. The van der Waals surface area contributed by atoms with E-state index in [9.17, 15) is 4.79 Å². The van der Waals surface area contributed by atoms with E-state index in [-0.39, 0.29) is 17.6 Å². The van der Waals surface area contributed by atoms with Gasteiger partial charge in [0, 0.05) is 23.0 Å². The Hall–Kier alpha value is -2.93. The van der Waals surface area contributed by atoms with Crippen molar-refractivity contribution in [3.05, 3.63) is 118 Å². The first-order valence-corrected chi connectivity index (χ1v) is 10.5. The number of hydrogen-bond donors (Lipinski definition) is 0. The van der Waals surface area contributed by atoms with Crippen molar-refractivity contribution in [1.82, 2.24) is 0 Å². The average Bonchev–Trinajstić information content (AvgIpc) is 3.19. The number of Topliss-reactive ketones (excluding diaryl/α,β-unsaturated/α-hetero) is 1. The Kier molecular flexibility index (Phi) is 5.49. The van der Waals surface area contributed by atoms with Crippen LogP contribution in [0.25, 0.3) is 0 Å². The molecule has 0 spiro atoms. The first-order valence-electron chi connectivity index (χ1n) is 10.5. The average molecular weight is 381 g/mol. The van der Waals surface area contributed by atoms with Crippen molar-refractivity contribution >= 4 is 5.78 Å². The van der Waals surface area contributed by atoms with Crippen LogP contribution in [0.2, 0.25) is 0 Å². The number of rotatable bonds is 5. The van der Waals surface area contributed by atoms with E-state index in [4.69, 9.17) is 0 Å². The molecule has 0 saturated carbocycles. The lowest BCUT2D eigenvalue weighted by Crippen LogP contribution is -2.12. The molecular weight excluding hydrogens is 352 g/mol. The van der Waals surface area contributed by atoms with Gasteiger partial charge in [-0.05, 0) is 48.9 Å². The lowest BCUT2D eigenvalue weighted by atomic mass is 9.83. The van der Waals surface area contributed by atoms with Crippen molar-refractivity contribution in [2.45, 2.75) is 45.4 Å². The van der Waals surface area contributed by atoms with E-state index in [1.165, 1.54) is 22.3 Å². The normalized spacial score (nSPS) is 18.5. The Balaban J connectivity index is 1.79. The molecule has 2 atom stereocenters. The minimum atomic E-state index is 0.143. The number of allylic oxidation sites excluding steroid dienone is 2. The van der Waals surface area contributed by atoms with Crippen LogP contribution in [0.15, 0.2) is 84.4 Å². The van der Waals surface area contributed by atoms with Crippen LogP contribution in [-0.4, -0.2) is 5.78 Å². The topological polar surface area (TPSA) is 17.1 Å². The van der Waals surface area contributed by atoms with Crippen LogP contribution >= 0.6 is 0 Å². The largest absolute Gasteiger partial charge is 0.289 e. The second kappa shape index (κ2) is 8.21. The molecule has 0 radical (unpaired) electrons. The van der Waals surface area contributed by atoms with Gasteiger partial charge in [-0.3, -0.25) is 4.79 Å². The van der Waals surface area contributed by atoms with Gasteiger partial charge in [-0.2, -0.15) is 0 Å². The molecule has 0 bridgehead atoms. The molecule has 0 aromatic heterocycles. The highest BCUT2D eigenvalue weighted by atomic mass is 16.1. The van der Waals surface area contributed by atoms with E-state index in [0.29, 0.717) is 0 Å². The molecule has 0 heterocycles. The van der Waals surface area contributed by atoms with Crippen LogP contribution in [0.5, 0.6) is 0 Å². The van der Waals surface area contributed by atoms with Crippen LogP contribution < -0.4 is 0 Å². The third-order valence-corrected chi connectivity index (χ3v) is 6.21. The molecule has 4 rings (SSSR count). The van der Waals surface area contributed by atoms with Crippen molar-refractivity contribution in [1.29, 1.82) is 0 Å². The Bertz CT molecular complexity index is 1060. The summed E-state index contributed by atoms with van der Waals surface area (Å²) in [4.78, 5) is 13.6. The fourth-order valence-electron chi connectivity index (χ4n) is 4.54. The van der Waals surface area contributed by atoms with E-state index in [1.54, 1.807) is 0 Å². The molecule has 0 N–H and O–H groups in total. The Morgan fingerprint density at radius 1 is 0.897 bits per heavy atom. The van der Waals surface area contributed by atoms with Crippen LogP contribution in [0.1, 0.15) is 63.4 Å². The van der Waals surface area contributed by atoms with Gasteiger partial charge in [-0.15, -0.1) is 0 Å². The summed E-state index contributed by atoms with van der Waals surface area (Å²) in [5, 5.41) is 0. The summed E-state index contributed by atoms with van der Waals surface area (Å²) in [6.45, 7) is 6.33. The van der Waals surface area contributed by atoms with E-state index < -0.39 is 0 Å². The van der Waals surface area contributed by atoms with Gasteiger partial charge >= 0.3 is 0 Å². The number of hydrogen-bond acceptors (Lipinski definition) is 1. The van der Waals surface area contributed by atoms with Crippen molar-refractivity contribution < 1.29 is 4.79 Å². The van der Waals surface area contributed by atoms with Crippen LogP contribution in [0.3, 0.4) is 0 Å². The quantitative estimate of drug-likeness (QED) is 0.438. The highest BCUT2D eigenvalue weighted by Crippen LogP contribution is 2.45. The summed E-state index contributed by atoms with van der Waals surface area (Å²) in [5.41, 5.74) is 8.01. The summed E-state index contributed by atoms with van der Waals surface area (Å²) in [6.07, 6.45) is 4.16. The van der Waals surface area contributed by atoms with Crippen LogP contribution in [0, 0.1) is 13.8 Å². The monoisotopic (exact) mass is 380 g/mol. The lowest BCUT2D eigenvalue weighted by molar-refractivity contribution is 0.102. The van der Waals surface area contributed by atoms with E-state index in [2.05, 4.69) is 68.5 Å². The molecule has 1 aliphatic rings. The zero-order chi connectivity index (χ0) is 20.4. The van der Waals surface area contributed by atoms with Crippen LogP contribution in [-0.2, 0) is 6.42 Å². The second-order valence-corrected chi connectivity index (χ2v) is 8.12. The summed E-state index contributed by atoms with van der Waals surface area (Å²) >= 11 is 0. The number of carbonyl (C=O) groups is 1. The minimum absolute atomic E-state index is 0.143. The first kappa shape index (κ1) is 19.4. The van der Waals surface area contributed by atoms with Gasteiger partial charge < -0.3 is 0 Å². The zero-order valence-corrected chi connectivity index (χ0v) is 17.5. The molecule has 1 aliphatic carbocycles. The van der Waals surface area contributed by atoms with Gasteiger partial charge in [0.1, 0.15) is 0 Å². The van der Waals surface area contributed by atoms with Crippen LogP contribution in [0.4, 0.5) is 0 Å². The molecule has 3 aromatic rings. The van der Waals surface area contributed by atoms with Gasteiger partial charge in [0.15, 0.2) is 5.78 Å². The second-order valence-electron chi connectivity index (χ2n) is 8.12. The summed E-state index contributed by atoms with van der Waals surface area (Å²) in [5.74, 6) is 0.589. The molecule has 1 nitrogen and oxygen atoms in total. The summed E-state index contributed by atoms with van der Waals surface area (Å²) in [6, 6.07) is 25.3. The van der Waals surface area contributed by atoms with Gasteiger partial charge in [0.25, 0.3) is 0 Å². The molecule has 2 unspecified atom stereocenters. The first-order chi connectivity index (χ1) is 14.1. The summed E-state index contributed by atoms with van der Waals surface area (Å²) < 4.78 is 0. The predicted molar refractivity (Wildman–Crippen MR) is 121 cm³/mol. The fourth-order valence-corrected chi connectivity index (χ4v) is 4.54. The van der Waals surface area contributed by atoms with E-state index in [1.807, 2.05) is 31.2 Å². The number of ketones is 1. The van der Waals surface area contributed by atoms with Crippen molar-refractivity contribution in [3.63, 3.8) is 0 Å². The van der Waals surface area contributed by atoms with Gasteiger partial charge in [-0.25, -0.2) is 0 Å². The fraction of sp³-hybridized carbons (Fsp3) is 0.250. The molecule has 0 fully saturated rings. The molecular formula is C28H28O. The van der Waals surface area contributed by atoms with Gasteiger partial charge in [0.05, 0.1) is 0 Å². The molecule has 3 aromatic carbocycles. The molecule has 1 heteroatoms. The maximum Gasteiger partial charge on any atom is 0.189 e. The summed E-state index contributed by atoms with van der Waals surface area (Å²) in [7, 11) is 0. The standard InChI is InChI=1S/C28H28O/c1-4-21-10-6-8-12-25(21)26-17-23(22-15-13-19(2)14-16-22)18-27(26)28(29)24-11-7-5-9-20(24)3/h5-16,18,23,26H,4,17H2,1-3H3. The Labute approximate surface area is 174 Å². The third kappa shape index (κ3) is 3.82. The minimum Gasteiger partial charge on any atom is -0.289 e. The molecule has 0 saturated heterocycles. The van der Waals surface area contributed by atoms with Gasteiger partial charge in [0.2, 0.25) is 0 Å². The maximum absolute atomic E-state index is 13.6. The predicted octanol–water partition coefficient (Wildman–Crippen LogP) is 6.95. The van der Waals surface area contributed by atoms with Crippen molar-refractivity contribution in [3.8, 4) is 0 Å². The Morgan fingerprint density at radius 3 is 2.31 bits per heavy atom. The molecule has 0 amide bonds. The van der Waals surface area contributed by atoms with Gasteiger partial charge in [-0.1, -0.05) is 91.4 Å². The molecule has 146 valence electrons. The zero-order valence-electron chi connectivity index (χ0n) is 17.5. The number of benzene rings is 3. The SMILES string of the molecule is CCc1ccccc1C1CC(c2ccc(C)cc2)C=C1C(=O)c1ccccc1C. The maximum atomic E-state index is 13.6. The van der Waals surface area contributed by atoms with E-state index >= 15 is 0 Å². The number of carbonyl (C=O) groups excluding carboxylic acids is 1. The third-order valence-electron chi connectivity index (χ3n) is 6.21. The smallest absolute Gasteiger partial charge is 0.189 e. The molecule has 29 heavy (non-hydrogen) atoms. The van der Waals surface area contributed by atoms with Crippen molar-refractivity contribution in [2.24, 2.45) is 0 Å². The highest BCUT2D eigenvalue weighted by molar-refractivity contribution is 6.11.